The van der Waals surface area contributed by atoms with Crippen LogP contribution in [0.1, 0.15) is 19.4 Å². The second kappa shape index (κ2) is 3.64. The Kier molecular flexibility index (Phi) is 2.98. The normalized spacial score (nSPS) is 12.0. The van der Waals surface area contributed by atoms with E-state index in [4.69, 9.17) is 17.3 Å². The molecule has 1 rings (SSSR count). The molecule has 0 heterocycles. The van der Waals surface area contributed by atoms with E-state index in [2.05, 4.69) is 0 Å². The van der Waals surface area contributed by atoms with Crippen molar-refractivity contribution in [3.8, 4) is 0 Å². The molecule has 2 N–H and O–H groups in total. The van der Waals surface area contributed by atoms with Gasteiger partial charge in [0.2, 0.25) is 0 Å². The van der Waals surface area contributed by atoms with Crippen LogP contribution in [0.15, 0.2) is 0 Å². The largest absolute Gasteiger partial charge is 0.322 e. The van der Waals surface area contributed by atoms with Crippen LogP contribution in [0, 0.1) is 23.3 Å². The zero-order valence-electron chi connectivity index (χ0n) is 7.97. The summed E-state index contributed by atoms with van der Waals surface area (Å²) < 4.78 is 52.5. The number of rotatable bonds is 1. The number of benzene rings is 1. The van der Waals surface area contributed by atoms with Crippen molar-refractivity contribution in [3.05, 3.63) is 33.9 Å². The fraction of sp³-hybridized carbons (Fsp3) is 0.333. The first-order chi connectivity index (χ1) is 6.68. The topological polar surface area (TPSA) is 26.0 Å². The lowest BCUT2D eigenvalue weighted by atomic mass is 9.94. The third-order valence-corrected chi connectivity index (χ3v) is 2.19. The molecule has 1 aromatic carbocycles. The van der Waals surface area contributed by atoms with E-state index in [1.807, 2.05) is 0 Å². The van der Waals surface area contributed by atoms with Gasteiger partial charge in [0.1, 0.15) is 5.02 Å². The molecule has 0 radical (unpaired) electrons. The van der Waals surface area contributed by atoms with E-state index in [9.17, 15) is 17.6 Å². The minimum Gasteiger partial charge on any atom is -0.322 e. The molecule has 1 aromatic rings. The molecule has 0 aliphatic heterocycles. The van der Waals surface area contributed by atoms with Crippen molar-refractivity contribution in [2.75, 3.05) is 0 Å². The van der Waals surface area contributed by atoms with Crippen molar-refractivity contribution in [3.63, 3.8) is 0 Å². The zero-order chi connectivity index (χ0) is 12.0. The summed E-state index contributed by atoms with van der Waals surface area (Å²) in [6.45, 7) is 2.45. The van der Waals surface area contributed by atoms with Gasteiger partial charge in [-0.05, 0) is 13.8 Å². The summed E-state index contributed by atoms with van der Waals surface area (Å²) in [5.41, 5.74) is 2.99. The Labute approximate surface area is 88.8 Å². The van der Waals surface area contributed by atoms with Crippen molar-refractivity contribution in [1.82, 2.24) is 0 Å². The Morgan fingerprint density at radius 3 is 1.53 bits per heavy atom. The average molecular weight is 242 g/mol. The summed E-state index contributed by atoms with van der Waals surface area (Å²) in [5.74, 6) is -6.40. The lowest BCUT2D eigenvalue weighted by molar-refractivity contribution is 0.397. The van der Waals surface area contributed by atoms with Crippen LogP contribution in [0.3, 0.4) is 0 Å². The van der Waals surface area contributed by atoms with Crippen molar-refractivity contribution in [2.24, 2.45) is 5.73 Å². The summed E-state index contributed by atoms with van der Waals surface area (Å²) >= 11 is 5.04. The molecule has 0 aromatic heterocycles. The van der Waals surface area contributed by atoms with Gasteiger partial charge in [-0.15, -0.1) is 0 Å². The number of nitrogens with two attached hydrogens (primary N) is 1. The third-order valence-electron chi connectivity index (χ3n) is 1.85. The zero-order valence-corrected chi connectivity index (χ0v) is 8.72. The quantitative estimate of drug-likeness (QED) is 0.456. The van der Waals surface area contributed by atoms with Crippen LogP contribution in [0.25, 0.3) is 0 Å². The third kappa shape index (κ3) is 1.94. The number of hydrogen-bond acceptors (Lipinski definition) is 1. The molecule has 15 heavy (non-hydrogen) atoms. The van der Waals surface area contributed by atoms with Gasteiger partial charge >= 0.3 is 0 Å². The lowest BCUT2D eigenvalue weighted by Crippen LogP contribution is -2.32. The van der Waals surface area contributed by atoms with Gasteiger partial charge in [-0.3, -0.25) is 0 Å². The fourth-order valence-corrected chi connectivity index (χ4v) is 1.34. The predicted octanol–water partition coefficient (Wildman–Crippen LogP) is 3.09. The number of halogens is 5. The SMILES string of the molecule is CC(C)(N)c1c(F)c(F)c(Cl)c(F)c1F. The van der Waals surface area contributed by atoms with E-state index in [0.29, 0.717) is 0 Å². The molecule has 84 valence electrons. The summed E-state index contributed by atoms with van der Waals surface area (Å²) in [4.78, 5) is 0. The Hall–Kier alpha value is -0.810. The molecule has 6 heteroatoms. The van der Waals surface area contributed by atoms with Gasteiger partial charge in [-0.25, -0.2) is 17.6 Å². The highest BCUT2D eigenvalue weighted by molar-refractivity contribution is 6.30. The Morgan fingerprint density at radius 1 is 0.933 bits per heavy atom. The van der Waals surface area contributed by atoms with Crippen LogP contribution in [0.5, 0.6) is 0 Å². The second-order valence-corrected chi connectivity index (χ2v) is 4.04. The summed E-state index contributed by atoms with van der Waals surface area (Å²) in [6.07, 6.45) is 0. The van der Waals surface area contributed by atoms with Crippen LogP contribution in [-0.4, -0.2) is 0 Å². The maximum absolute atomic E-state index is 13.3. The highest BCUT2D eigenvalue weighted by Crippen LogP contribution is 2.32. The maximum Gasteiger partial charge on any atom is 0.180 e. The standard InChI is InChI=1S/C9H8ClF4N/c1-9(2,15)3-5(11)7(13)4(10)8(14)6(3)12/h15H2,1-2H3. The molecule has 1 nitrogen and oxygen atoms in total. The van der Waals surface area contributed by atoms with Crippen molar-refractivity contribution < 1.29 is 17.6 Å². The van der Waals surface area contributed by atoms with Crippen LogP contribution < -0.4 is 5.73 Å². The van der Waals surface area contributed by atoms with Crippen molar-refractivity contribution >= 4 is 11.6 Å². The Morgan fingerprint density at radius 2 is 1.27 bits per heavy atom. The van der Waals surface area contributed by atoms with E-state index >= 15 is 0 Å². The molecular formula is C9H8ClF4N. The molecule has 0 fully saturated rings. The first-order valence-corrected chi connectivity index (χ1v) is 4.36. The summed E-state index contributed by atoms with van der Waals surface area (Å²) in [7, 11) is 0. The van der Waals surface area contributed by atoms with Gasteiger partial charge in [0.15, 0.2) is 23.3 Å². The van der Waals surface area contributed by atoms with Crippen LogP contribution in [0.2, 0.25) is 5.02 Å². The molecule has 0 aliphatic carbocycles. The van der Waals surface area contributed by atoms with E-state index in [-0.39, 0.29) is 0 Å². The summed E-state index contributed by atoms with van der Waals surface area (Å²) in [5, 5.41) is -1.21. The smallest absolute Gasteiger partial charge is 0.180 e. The van der Waals surface area contributed by atoms with Crippen LogP contribution >= 0.6 is 11.6 Å². The highest BCUT2D eigenvalue weighted by atomic mass is 35.5. The molecule has 0 bridgehead atoms. The molecular weight excluding hydrogens is 234 g/mol. The highest BCUT2D eigenvalue weighted by Gasteiger charge is 2.31. The van der Waals surface area contributed by atoms with Crippen molar-refractivity contribution in [1.29, 1.82) is 0 Å². The minimum atomic E-state index is -1.64. The van der Waals surface area contributed by atoms with E-state index in [1.54, 1.807) is 0 Å². The first kappa shape index (κ1) is 12.3. The molecule has 0 unspecified atom stereocenters. The lowest BCUT2D eigenvalue weighted by Gasteiger charge is -2.21. The predicted molar refractivity (Wildman–Crippen MR) is 48.5 cm³/mol. The van der Waals surface area contributed by atoms with Gasteiger partial charge < -0.3 is 5.73 Å². The van der Waals surface area contributed by atoms with Crippen LogP contribution in [0.4, 0.5) is 17.6 Å². The molecule has 0 saturated carbocycles. The molecule has 0 saturated heterocycles. The second-order valence-electron chi connectivity index (χ2n) is 3.67. The minimum absolute atomic E-state index is 0.859. The van der Waals surface area contributed by atoms with Gasteiger partial charge in [0.25, 0.3) is 0 Å². The van der Waals surface area contributed by atoms with Gasteiger partial charge in [0, 0.05) is 11.1 Å². The Balaban J connectivity index is 3.68. The van der Waals surface area contributed by atoms with E-state index in [1.165, 1.54) is 13.8 Å². The fourth-order valence-electron chi connectivity index (χ4n) is 1.17. The number of hydrogen-bond donors (Lipinski definition) is 1. The van der Waals surface area contributed by atoms with E-state index < -0.39 is 39.4 Å². The average Bonchev–Trinajstić information content (AvgIpc) is 2.09. The Bertz CT molecular complexity index is 383. The maximum atomic E-state index is 13.3. The van der Waals surface area contributed by atoms with Gasteiger partial charge in [-0.2, -0.15) is 0 Å². The molecule has 0 atom stereocenters. The molecule has 0 spiro atoms. The van der Waals surface area contributed by atoms with Crippen LogP contribution in [-0.2, 0) is 5.54 Å². The molecule has 0 aliphatic rings. The summed E-state index contributed by atoms with van der Waals surface area (Å²) in [6, 6.07) is 0. The van der Waals surface area contributed by atoms with E-state index in [0.717, 1.165) is 0 Å². The monoisotopic (exact) mass is 241 g/mol. The van der Waals surface area contributed by atoms with Gasteiger partial charge in [0.05, 0.1) is 0 Å². The molecule has 0 amide bonds. The first-order valence-electron chi connectivity index (χ1n) is 3.98. The van der Waals surface area contributed by atoms with Crippen molar-refractivity contribution in [2.45, 2.75) is 19.4 Å². The van der Waals surface area contributed by atoms with Gasteiger partial charge in [-0.1, -0.05) is 11.6 Å².